The first kappa shape index (κ1) is 18.6. The number of carbonyl (C=O) groups excluding carboxylic acids is 1. The molecule has 0 bridgehead atoms. The molecule has 1 aliphatic carbocycles. The van der Waals surface area contributed by atoms with Gasteiger partial charge in [0.15, 0.2) is 5.16 Å². The topological polar surface area (TPSA) is 69.0 Å². The van der Waals surface area contributed by atoms with Gasteiger partial charge in [0.1, 0.15) is 5.82 Å². The van der Waals surface area contributed by atoms with Crippen LogP contribution in [-0.2, 0) is 16.1 Å². The van der Waals surface area contributed by atoms with Crippen molar-refractivity contribution in [1.82, 2.24) is 14.8 Å². The van der Waals surface area contributed by atoms with Crippen LogP contribution in [0, 0.1) is 0 Å². The zero-order valence-electron chi connectivity index (χ0n) is 16.2. The van der Waals surface area contributed by atoms with E-state index in [4.69, 9.17) is 4.74 Å². The van der Waals surface area contributed by atoms with Crippen molar-refractivity contribution >= 4 is 34.1 Å². The summed E-state index contributed by atoms with van der Waals surface area (Å²) in [7, 11) is 0. The van der Waals surface area contributed by atoms with Gasteiger partial charge in [0.25, 0.3) is 0 Å². The molecule has 29 heavy (non-hydrogen) atoms. The number of fused-ring (bicyclic) bond motifs is 1. The Bertz CT molecular complexity index is 1020. The van der Waals surface area contributed by atoms with Gasteiger partial charge in [0, 0.05) is 23.6 Å². The number of benzene rings is 2. The summed E-state index contributed by atoms with van der Waals surface area (Å²) in [5.41, 5.74) is 0.841. The molecule has 1 saturated heterocycles. The molecule has 0 spiro atoms. The lowest BCUT2D eigenvalue weighted by Crippen LogP contribution is -2.19. The number of nitrogens with one attached hydrogen (secondary N) is 1. The zero-order valence-corrected chi connectivity index (χ0v) is 17.0. The number of aromatic nitrogens is 3. The normalized spacial score (nSPS) is 19.0. The van der Waals surface area contributed by atoms with Crippen LogP contribution in [0.2, 0.25) is 0 Å². The maximum atomic E-state index is 12.6. The summed E-state index contributed by atoms with van der Waals surface area (Å²) in [4.78, 5) is 12.6. The number of thioether (sulfide) groups is 1. The number of carbonyl (C=O) groups is 1. The van der Waals surface area contributed by atoms with Crippen molar-refractivity contribution in [3.8, 4) is 0 Å². The lowest BCUT2D eigenvalue weighted by Gasteiger charge is -2.14. The summed E-state index contributed by atoms with van der Waals surface area (Å²) in [5, 5.41) is 14.8. The molecule has 1 aliphatic heterocycles. The third kappa shape index (κ3) is 4.16. The molecule has 7 heteroatoms. The van der Waals surface area contributed by atoms with E-state index in [2.05, 4.69) is 20.1 Å². The molecule has 1 saturated carbocycles. The van der Waals surface area contributed by atoms with Crippen molar-refractivity contribution in [2.75, 3.05) is 17.7 Å². The van der Waals surface area contributed by atoms with Crippen LogP contribution in [-0.4, -0.2) is 39.1 Å². The van der Waals surface area contributed by atoms with Gasteiger partial charge in [-0.05, 0) is 37.1 Å². The second kappa shape index (κ2) is 8.16. The molecule has 3 aromatic rings. The Morgan fingerprint density at radius 2 is 2.00 bits per heavy atom. The first-order chi connectivity index (χ1) is 14.3. The molecule has 2 aliphatic rings. The van der Waals surface area contributed by atoms with Gasteiger partial charge in [-0.3, -0.25) is 4.79 Å². The van der Waals surface area contributed by atoms with Crippen LogP contribution in [0.5, 0.6) is 0 Å². The highest BCUT2D eigenvalue weighted by Gasteiger charge is 2.32. The summed E-state index contributed by atoms with van der Waals surface area (Å²) < 4.78 is 8.00. The molecule has 5 rings (SSSR count). The van der Waals surface area contributed by atoms with E-state index in [1.807, 2.05) is 42.5 Å². The van der Waals surface area contributed by atoms with Crippen LogP contribution in [0.25, 0.3) is 10.8 Å². The first-order valence-corrected chi connectivity index (χ1v) is 11.2. The van der Waals surface area contributed by atoms with Crippen LogP contribution in [0.15, 0.2) is 47.6 Å². The minimum absolute atomic E-state index is 0.0361. The van der Waals surface area contributed by atoms with E-state index in [9.17, 15) is 4.79 Å². The van der Waals surface area contributed by atoms with Crippen LogP contribution < -0.4 is 5.32 Å². The van der Waals surface area contributed by atoms with Gasteiger partial charge in [-0.2, -0.15) is 0 Å². The molecular formula is C22H24N4O2S. The van der Waals surface area contributed by atoms with Crippen LogP contribution in [0.1, 0.15) is 37.4 Å². The SMILES string of the molecule is O=C(CSc1nnc(C2CC2)n1C[C@H]1CCCO1)Nc1cccc2ccccc12. The second-order valence-electron chi connectivity index (χ2n) is 7.72. The zero-order chi connectivity index (χ0) is 19.6. The summed E-state index contributed by atoms with van der Waals surface area (Å²) in [5.74, 6) is 1.84. The molecule has 1 amide bonds. The highest BCUT2D eigenvalue weighted by molar-refractivity contribution is 7.99. The molecule has 1 N–H and O–H groups in total. The highest BCUT2D eigenvalue weighted by atomic mass is 32.2. The molecule has 150 valence electrons. The number of nitrogens with zero attached hydrogens (tertiary/aromatic N) is 3. The Morgan fingerprint density at radius 1 is 1.14 bits per heavy atom. The average Bonchev–Trinajstić information content (AvgIpc) is 3.30. The summed E-state index contributed by atoms with van der Waals surface area (Å²) >= 11 is 1.45. The van der Waals surface area contributed by atoms with Gasteiger partial charge in [-0.25, -0.2) is 0 Å². The molecule has 1 atom stereocenters. The van der Waals surface area contributed by atoms with Gasteiger partial charge in [-0.1, -0.05) is 48.2 Å². The van der Waals surface area contributed by atoms with Gasteiger partial charge in [-0.15, -0.1) is 10.2 Å². The number of hydrogen-bond donors (Lipinski definition) is 1. The molecule has 1 aromatic heterocycles. The minimum Gasteiger partial charge on any atom is -0.376 e. The molecular weight excluding hydrogens is 384 g/mol. The third-order valence-electron chi connectivity index (χ3n) is 5.49. The van der Waals surface area contributed by atoms with Gasteiger partial charge in [0.2, 0.25) is 5.91 Å². The molecule has 0 unspecified atom stereocenters. The Hall–Kier alpha value is -2.38. The molecule has 2 fully saturated rings. The summed E-state index contributed by atoms with van der Waals surface area (Å²) in [6.45, 7) is 1.62. The maximum absolute atomic E-state index is 12.6. The quantitative estimate of drug-likeness (QED) is 0.593. The largest absolute Gasteiger partial charge is 0.376 e. The smallest absolute Gasteiger partial charge is 0.234 e. The monoisotopic (exact) mass is 408 g/mol. The molecule has 2 heterocycles. The average molecular weight is 409 g/mol. The van der Waals surface area contributed by atoms with Crippen molar-refractivity contribution < 1.29 is 9.53 Å². The van der Waals surface area contributed by atoms with E-state index >= 15 is 0 Å². The maximum Gasteiger partial charge on any atom is 0.234 e. The number of ether oxygens (including phenoxy) is 1. The van der Waals surface area contributed by atoms with Crippen LogP contribution in [0.4, 0.5) is 5.69 Å². The minimum atomic E-state index is -0.0361. The summed E-state index contributed by atoms with van der Waals surface area (Å²) in [6.07, 6.45) is 4.77. The van der Waals surface area contributed by atoms with Crippen molar-refractivity contribution in [3.05, 3.63) is 48.3 Å². The Kier molecular flexibility index (Phi) is 5.24. The second-order valence-corrected chi connectivity index (χ2v) is 8.67. The fourth-order valence-corrected chi connectivity index (χ4v) is 4.62. The van der Waals surface area contributed by atoms with Crippen molar-refractivity contribution in [2.45, 2.75) is 49.4 Å². The fraction of sp³-hybridized carbons (Fsp3) is 0.409. The van der Waals surface area contributed by atoms with Crippen molar-refractivity contribution in [2.24, 2.45) is 0 Å². The highest BCUT2D eigenvalue weighted by Crippen LogP contribution is 2.40. The number of hydrogen-bond acceptors (Lipinski definition) is 5. The van der Waals surface area contributed by atoms with E-state index in [0.29, 0.717) is 11.7 Å². The van der Waals surface area contributed by atoms with E-state index < -0.39 is 0 Å². The van der Waals surface area contributed by atoms with Gasteiger partial charge >= 0.3 is 0 Å². The van der Waals surface area contributed by atoms with Crippen molar-refractivity contribution in [3.63, 3.8) is 0 Å². The third-order valence-corrected chi connectivity index (χ3v) is 6.46. The Labute approximate surface area is 174 Å². The number of amides is 1. The van der Waals surface area contributed by atoms with Gasteiger partial charge < -0.3 is 14.6 Å². The first-order valence-electron chi connectivity index (χ1n) is 10.2. The predicted molar refractivity (Wildman–Crippen MR) is 114 cm³/mol. The Morgan fingerprint density at radius 3 is 2.83 bits per heavy atom. The fourth-order valence-electron chi connectivity index (χ4n) is 3.86. The molecule has 0 radical (unpaired) electrons. The molecule has 2 aromatic carbocycles. The van der Waals surface area contributed by atoms with Gasteiger partial charge in [0.05, 0.1) is 18.4 Å². The lowest BCUT2D eigenvalue weighted by atomic mass is 10.1. The van der Waals surface area contributed by atoms with Crippen molar-refractivity contribution in [1.29, 1.82) is 0 Å². The van der Waals surface area contributed by atoms with E-state index in [1.54, 1.807) is 0 Å². The van der Waals surface area contributed by atoms with E-state index in [-0.39, 0.29) is 12.0 Å². The van der Waals surface area contributed by atoms with Crippen LogP contribution in [0.3, 0.4) is 0 Å². The van der Waals surface area contributed by atoms with E-state index in [0.717, 1.165) is 53.4 Å². The predicted octanol–water partition coefficient (Wildman–Crippen LogP) is 4.22. The Balaban J connectivity index is 1.27. The number of rotatable bonds is 7. The standard InChI is InChI=1S/C22H24N4O2S/c27-20(23-19-9-3-6-15-5-1-2-8-18(15)19)14-29-22-25-24-21(16-10-11-16)26(22)13-17-7-4-12-28-17/h1-3,5-6,8-9,16-17H,4,7,10-14H2,(H,23,27)/t17-/m1/s1. The van der Waals surface area contributed by atoms with E-state index in [1.165, 1.54) is 24.6 Å². The van der Waals surface area contributed by atoms with Crippen LogP contribution >= 0.6 is 11.8 Å². The molecule has 6 nitrogen and oxygen atoms in total. The summed E-state index contributed by atoms with van der Waals surface area (Å²) in [6, 6.07) is 14.0. The lowest BCUT2D eigenvalue weighted by molar-refractivity contribution is -0.113. The number of anilines is 1.